The van der Waals surface area contributed by atoms with Crippen molar-refractivity contribution in [3.05, 3.63) is 40.9 Å². The number of anilines is 3. The van der Waals surface area contributed by atoms with Gasteiger partial charge in [-0.2, -0.15) is 4.98 Å². The number of rotatable bonds is 3. The molecule has 4 nitrogen and oxygen atoms in total. The van der Waals surface area contributed by atoms with E-state index in [0.29, 0.717) is 22.4 Å². The number of benzene rings is 1. The lowest BCUT2D eigenvalue weighted by Crippen LogP contribution is -2.00. The van der Waals surface area contributed by atoms with E-state index in [9.17, 15) is 0 Å². The fourth-order valence-corrected chi connectivity index (χ4v) is 1.74. The number of methoxy groups -OCH3 is 1. The van der Waals surface area contributed by atoms with E-state index in [1.165, 1.54) is 7.11 Å². The molecule has 2 rings (SSSR count). The second kappa shape index (κ2) is 5.14. The number of aromatic nitrogens is 1. The zero-order valence-electron chi connectivity index (χ0n) is 10.2. The van der Waals surface area contributed by atoms with Gasteiger partial charge in [0, 0.05) is 10.7 Å². The van der Waals surface area contributed by atoms with Crippen LogP contribution >= 0.6 is 11.6 Å². The van der Waals surface area contributed by atoms with Crippen molar-refractivity contribution in [3.8, 4) is 5.88 Å². The summed E-state index contributed by atoms with van der Waals surface area (Å²) in [4.78, 5) is 4.26. The van der Waals surface area contributed by atoms with Crippen LogP contribution in [0, 0.1) is 6.92 Å². The normalized spacial score (nSPS) is 10.2. The molecular formula is C13H14ClN3O. The number of pyridine rings is 1. The molecule has 94 valence electrons. The topological polar surface area (TPSA) is 60.2 Å². The first-order valence-electron chi connectivity index (χ1n) is 5.44. The molecule has 0 bridgehead atoms. The molecule has 5 heteroatoms. The average Bonchev–Trinajstić information content (AvgIpc) is 2.37. The smallest absolute Gasteiger partial charge is 0.238 e. The van der Waals surface area contributed by atoms with Crippen molar-refractivity contribution in [1.29, 1.82) is 0 Å². The molecule has 0 spiro atoms. The van der Waals surface area contributed by atoms with Gasteiger partial charge >= 0.3 is 0 Å². The second-order valence-electron chi connectivity index (χ2n) is 3.83. The highest BCUT2D eigenvalue weighted by molar-refractivity contribution is 6.31. The van der Waals surface area contributed by atoms with E-state index in [1.807, 2.05) is 25.1 Å². The SMILES string of the molecule is COc1nc(Nc2cccc(Cl)c2C)ccc1N. The van der Waals surface area contributed by atoms with Crippen LogP contribution in [-0.4, -0.2) is 12.1 Å². The first kappa shape index (κ1) is 12.5. The number of nitrogens with two attached hydrogens (primary N) is 1. The zero-order chi connectivity index (χ0) is 13.1. The number of halogens is 1. The molecule has 1 aromatic carbocycles. The minimum absolute atomic E-state index is 0.402. The number of nitrogens with one attached hydrogen (secondary N) is 1. The van der Waals surface area contributed by atoms with E-state index >= 15 is 0 Å². The average molecular weight is 264 g/mol. The van der Waals surface area contributed by atoms with Gasteiger partial charge in [-0.3, -0.25) is 0 Å². The molecule has 2 aromatic rings. The van der Waals surface area contributed by atoms with Gasteiger partial charge in [-0.15, -0.1) is 0 Å². The molecule has 0 saturated carbocycles. The Morgan fingerprint density at radius 1 is 1.28 bits per heavy atom. The molecule has 18 heavy (non-hydrogen) atoms. The Hall–Kier alpha value is -1.94. The summed E-state index contributed by atoms with van der Waals surface area (Å²) in [6.45, 7) is 1.94. The van der Waals surface area contributed by atoms with Crippen LogP contribution in [0.25, 0.3) is 0 Å². The molecule has 0 unspecified atom stereocenters. The van der Waals surface area contributed by atoms with Crippen LogP contribution in [0.5, 0.6) is 5.88 Å². The number of hydrogen-bond acceptors (Lipinski definition) is 4. The number of ether oxygens (including phenoxy) is 1. The molecule has 0 aliphatic heterocycles. The van der Waals surface area contributed by atoms with Gasteiger partial charge in [0.05, 0.1) is 12.8 Å². The minimum atomic E-state index is 0.402. The fraction of sp³-hybridized carbons (Fsp3) is 0.154. The van der Waals surface area contributed by atoms with Crippen LogP contribution < -0.4 is 15.8 Å². The van der Waals surface area contributed by atoms with Gasteiger partial charge < -0.3 is 15.8 Å². The first-order chi connectivity index (χ1) is 8.61. The van der Waals surface area contributed by atoms with Gasteiger partial charge in [-0.1, -0.05) is 17.7 Å². The molecule has 0 saturated heterocycles. The van der Waals surface area contributed by atoms with Gasteiger partial charge in [0.25, 0.3) is 0 Å². The maximum Gasteiger partial charge on any atom is 0.238 e. The highest BCUT2D eigenvalue weighted by atomic mass is 35.5. The van der Waals surface area contributed by atoms with Crippen molar-refractivity contribution in [2.45, 2.75) is 6.92 Å². The van der Waals surface area contributed by atoms with Crippen molar-refractivity contribution in [2.24, 2.45) is 0 Å². The largest absolute Gasteiger partial charge is 0.479 e. The van der Waals surface area contributed by atoms with Crippen molar-refractivity contribution in [3.63, 3.8) is 0 Å². The van der Waals surface area contributed by atoms with E-state index in [4.69, 9.17) is 22.1 Å². The summed E-state index contributed by atoms with van der Waals surface area (Å²) < 4.78 is 5.08. The fourth-order valence-electron chi connectivity index (χ4n) is 1.57. The van der Waals surface area contributed by atoms with Gasteiger partial charge in [0.15, 0.2) is 0 Å². The van der Waals surface area contributed by atoms with Gasteiger partial charge in [0.1, 0.15) is 5.82 Å². The van der Waals surface area contributed by atoms with Crippen LogP contribution in [0.1, 0.15) is 5.56 Å². The van der Waals surface area contributed by atoms with Gasteiger partial charge in [-0.05, 0) is 36.8 Å². The van der Waals surface area contributed by atoms with E-state index < -0.39 is 0 Å². The van der Waals surface area contributed by atoms with Crippen molar-refractivity contribution in [1.82, 2.24) is 4.98 Å². The summed E-state index contributed by atoms with van der Waals surface area (Å²) in [7, 11) is 1.53. The Kier molecular flexibility index (Phi) is 3.58. The van der Waals surface area contributed by atoms with Crippen LogP contribution in [0.15, 0.2) is 30.3 Å². The van der Waals surface area contributed by atoms with E-state index in [1.54, 1.807) is 12.1 Å². The molecule has 0 fully saturated rings. The molecule has 0 aliphatic carbocycles. The molecule has 1 heterocycles. The van der Waals surface area contributed by atoms with Gasteiger partial charge in [-0.25, -0.2) is 0 Å². The molecule has 0 radical (unpaired) electrons. The second-order valence-corrected chi connectivity index (χ2v) is 4.24. The summed E-state index contributed by atoms with van der Waals surface area (Å²) in [5.41, 5.74) is 8.09. The maximum absolute atomic E-state index is 6.06. The summed E-state index contributed by atoms with van der Waals surface area (Å²) in [5, 5.41) is 3.89. The highest BCUT2D eigenvalue weighted by Gasteiger charge is 2.06. The van der Waals surface area contributed by atoms with E-state index in [2.05, 4.69) is 10.3 Å². The Morgan fingerprint density at radius 3 is 2.78 bits per heavy atom. The third-order valence-electron chi connectivity index (χ3n) is 2.61. The van der Waals surface area contributed by atoms with Crippen LogP contribution in [0.4, 0.5) is 17.2 Å². The van der Waals surface area contributed by atoms with Crippen LogP contribution in [-0.2, 0) is 0 Å². The Labute approximate surface area is 111 Å². The standard InChI is InChI=1S/C13H14ClN3O/c1-8-9(14)4-3-5-11(8)16-12-7-6-10(15)13(17-12)18-2/h3-7H,15H2,1-2H3,(H,16,17). The van der Waals surface area contributed by atoms with E-state index in [0.717, 1.165) is 11.3 Å². The lowest BCUT2D eigenvalue weighted by molar-refractivity contribution is 0.401. The molecular weight excluding hydrogens is 250 g/mol. The number of nitrogen functional groups attached to an aromatic ring is 1. The summed E-state index contributed by atoms with van der Waals surface area (Å²) in [6.07, 6.45) is 0. The quantitative estimate of drug-likeness (QED) is 0.891. The first-order valence-corrected chi connectivity index (χ1v) is 5.82. The third kappa shape index (κ3) is 2.49. The van der Waals surface area contributed by atoms with E-state index in [-0.39, 0.29) is 0 Å². The Morgan fingerprint density at radius 2 is 2.06 bits per heavy atom. The summed E-state index contributed by atoms with van der Waals surface area (Å²) in [6, 6.07) is 9.20. The van der Waals surface area contributed by atoms with Gasteiger partial charge in [0.2, 0.25) is 5.88 Å². The lowest BCUT2D eigenvalue weighted by Gasteiger charge is -2.11. The van der Waals surface area contributed by atoms with Crippen molar-refractivity contribution in [2.75, 3.05) is 18.2 Å². The van der Waals surface area contributed by atoms with Crippen LogP contribution in [0.3, 0.4) is 0 Å². The Balaban J connectivity index is 2.31. The molecule has 3 N–H and O–H groups in total. The monoisotopic (exact) mass is 263 g/mol. The number of hydrogen-bond donors (Lipinski definition) is 2. The van der Waals surface area contributed by atoms with Crippen molar-refractivity contribution < 1.29 is 4.74 Å². The predicted octanol–water partition coefficient (Wildman–Crippen LogP) is 3.38. The predicted molar refractivity (Wildman–Crippen MR) is 74.7 cm³/mol. The van der Waals surface area contributed by atoms with Crippen LogP contribution in [0.2, 0.25) is 5.02 Å². The summed E-state index contributed by atoms with van der Waals surface area (Å²) in [5.74, 6) is 1.06. The molecule has 1 aromatic heterocycles. The minimum Gasteiger partial charge on any atom is -0.479 e. The number of nitrogens with zero attached hydrogens (tertiary/aromatic N) is 1. The Bertz CT molecular complexity index is 572. The zero-order valence-corrected chi connectivity index (χ0v) is 11.0. The maximum atomic E-state index is 6.06. The molecule has 0 aliphatic rings. The molecule has 0 atom stereocenters. The lowest BCUT2D eigenvalue weighted by atomic mass is 10.2. The summed E-state index contributed by atoms with van der Waals surface area (Å²) >= 11 is 6.06. The molecule has 0 amide bonds. The third-order valence-corrected chi connectivity index (χ3v) is 3.02. The highest BCUT2D eigenvalue weighted by Crippen LogP contribution is 2.27. The van der Waals surface area contributed by atoms with Crippen molar-refractivity contribution >= 4 is 28.8 Å².